The fraction of sp³-hybridized carbons (Fsp3) is 0.389. The molecule has 0 radical (unpaired) electrons. The van der Waals surface area contributed by atoms with Crippen molar-refractivity contribution in [1.29, 1.82) is 0 Å². The molecule has 1 aliphatic carbocycles. The summed E-state index contributed by atoms with van der Waals surface area (Å²) in [5, 5.41) is 0. The number of ether oxygens (including phenoxy) is 3. The Morgan fingerprint density at radius 3 is 2.21 bits per heavy atom. The maximum Gasteiger partial charge on any atom is 0.324 e. The summed E-state index contributed by atoms with van der Waals surface area (Å²) in [7, 11) is 3.91. The molecule has 0 N–H and O–H groups in total. The number of methoxy groups -OCH3 is 3. The summed E-state index contributed by atoms with van der Waals surface area (Å²) in [6.07, 6.45) is 0.739. The molecule has 2 rings (SSSR count). The van der Waals surface area contributed by atoms with Gasteiger partial charge in [0.25, 0.3) is 0 Å². The van der Waals surface area contributed by atoms with Gasteiger partial charge in [-0.3, -0.25) is 14.4 Å². The summed E-state index contributed by atoms with van der Waals surface area (Å²) in [5.41, 5.74) is -0.0555. The highest BCUT2D eigenvalue weighted by atomic mass is 16.5. The van der Waals surface area contributed by atoms with Gasteiger partial charge < -0.3 is 14.2 Å². The first kappa shape index (κ1) is 17.7. The van der Waals surface area contributed by atoms with E-state index in [-0.39, 0.29) is 6.42 Å². The van der Waals surface area contributed by atoms with Gasteiger partial charge in [0.15, 0.2) is 5.41 Å². The fourth-order valence-corrected chi connectivity index (χ4v) is 3.47. The Labute approximate surface area is 140 Å². The Kier molecular flexibility index (Phi) is 5.07. The van der Waals surface area contributed by atoms with Crippen LogP contribution in [0.4, 0.5) is 0 Å². The molecule has 0 aromatic heterocycles. The van der Waals surface area contributed by atoms with Crippen molar-refractivity contribution >= 4 is 18.2 Å². The van der Waals surface area contributed by atoms with Gasteiger partial charge >= 0.3 is 11.9 Å². The molecule has 0 saturated carbocycles. The van der Waals surface area contributed by atoms with E-state index in [1.807, 2.05) is 0 Å². The van der Waals surface area contributed by atoms with Crippen LogP contribution >= 0.6 is 0 Å². The van der Waals surface area contributed by atoms with Crippen LogP contribution in [-0.4, -0.2) is 39.6 Å². The zero-order valence-electron chi connectivity index (χ0n) is 14.1. The lowest BCUT2D eigenvalue weighted by molar-refractivity contribution is -0.169. The zero-order valence-corrected chi connectivity index (χ0v) is 14.1. The fourth-order valence-electron chi connectivity index (χ4n) is 3.47. The Hall–Kier alpha value is -2.63. The van der Waals surface area contributed by atoms with Crippen molar-refractivity contribution in [1.82, 2.24) is 0 Å². The summed E-state index contributed by atoms with van der Waals surface area (Å²) >= 11 is 0. The van der Waals surface area contributed by atoms with Gasteiger partial charge in [0.1, 0.15) is 12.0 Å². The third-order valence-corrected chi connectivity index (χ3v) is 4.52. The van der Waals surface area contributed by atoms with E-state index in [1.165, 1.54) is 21.3 Å². The molecule has 24 heavy (non-hydrogen) atoms. The number of para-hydroxylation sites is 1. The van der Waals surface area contributed by atoms with Gasteiger partial charge in [0.05, 0.1) is 21.3 Å². The van der Waals surface area contributed by atoms with Crippen molar-refractivity contribution in [3.05, 3.63) is 41.0 Å². The first-order valence-electron chi connectivity index (χ1n) is 7.42. The van der Waals surface area contributed by atoms with Gasteiger partial charge in [-0.1, -0.05) is 23.8 Å². The second-order valence-corrected chi connectivity index (χ2v) is 5.66. The molecule has 6 nitrogen and oxygen atoms in total. The molecule has 0 saturated heterocycles. The molecule has 1 aliphatic rings. The van der Waals surface area contributed by atoms with Crippen molar-refractivity contribution in [3.63, 3.8) is 0 Å². The van der Waals surface area contributed by atoms with Crippen molar-refractivity contribution in [2.24, 2.45) is 5.41 Å². The number of aldehydes is 1. The van der Waals surface area contributed by atoms with E-state index in [1.54, 1.807) is 31.2 Å². The number of rotatable bonds is 5. The maximum absolute atomic E-state index is 12.6. The molecule has 0 spiro atoms. The number of esters is 2. The quantitative estimate of drug-likeness (QED) is 0.466. The minimum atomic E-state index is -1.64. The van der Waals surface area contributed by atoms with Crippen LogP contribution in [-0.2, 0) is 23.9 Å². The van der Waals surface area contributed by atoms with Crippen LogP contribution in [0.15, 0.2) is 35.4 Å². The standard InChI is InChI=1S/C18H20O6/c1-11-9-18(16(20)23-3,17(21)24-4)15(13(11)10-19)12-7-5-6-8-14(12)22-2/h5-8,10,15H,9H2,1-4H3/t15-/m0/s1. The number of hydrogen-bond donors (Lipinski definition) is 0. The summed E-state index contributed by atoms with van der Waals surface area (Å²) < 4.78 is 15.2. The lowest BCUT2D eigenvalue weighted by Crippen LogP contribution is -2.44. The normalized spacial score (nSPS) is 18.9. The monoisotopic (exact) mass is 332 g/mol. The molecule has 128 valence electrons. The molecule has 0 amide bonds. The third kappa shape index (κ3) is 2.48. The van der Waals surface area contributed by atoms with Crippen molar-refractivity contribution < 1.29 is 28.6 Å². The second kappa shape index (κ2) is 6.86. The molecule has 0 bridgehead atoms. The van der Waals surface area contributed by atoms with Crippen LogP contribution in [0, 0.1) is 5.41 Å². The minimum Gasteiger partial charge on any atom is -0.496 e. The highest BCUT2D eigenvalue weighted by molar-refractivity contribution is 6.05. The first-order valence-corrected chi connectivity index (χ1v) is 7.42. The molecule has 0 fully saturated rings. The molecule has 0 unspecified atom stereocenters. The van der Waals surface area contributed by atoms with Crippen molar-refractivity contribution in [2.45, 2.75) is 19.3 Å². The number of hydrogen-bond acceptors (Lipinski definition) is 6. The maximum atomic E-state index is 12.6. The summed E-state index contributed by atoms with van der Waals surface area (Å²) in [6, 6.07) is 6.97. The smallest absolute Gasteiger partial charge is 0.324 e. The van der Waals surface area contributed by atoms with E-state index in [0.29, 0.717) is 28.7 Å². The van der Waals surface area contributed by atoms with E-state index >= 15 is 0 Å². The predicted octanol–water partition coefficient (Wildman–Crippen LogP) is 2.03. The van der Waals surface area contributed by atoms with Crippen LogP contribution in [0.5, 0.6) is 5.75 Å². The van der Waals surface area contributed by atoms with E-state index in [9.17, 15) is 14.4 Å². The number of carbonyl (C=O) groups excluding carboxylic acids is 3. The Balaban J connectivity index is 2.78. The van der Waals surface area contributed by atoms with Gasteiger partial charge in [0, 0.05) is 17.1 Å². The summed E-state index contributed by atoms with van der Waals surface area (Å²) in [5.74, 6) is -1.82. The molecule has 0 heterocycles. The molecule has 6 heteroatoms. The van der Waals surface area contributed by atoms with E-state index in [4.69, 9.17) is 14.2 Å². The van der Waals surface area contributed by atoms with E-state index < -0.39 is 23.3 Å². The first-order chi connectivity index (χ1) is 11.5. The Bertz CT molecular complexity index is 687. The number of carbonyl (C=O) groups is 3. The van der Waals surface area contributed by atoms with Crippen molar-refractivity contribution in [3.8, 4) is 5.75 Å². The van der Waals surface area contributed by atoms with Gasteiger partial charge in [-0.15, -0.1) is 0 Å². The predicted molar refractivity (Wildman–Crippen MR) is 85.6 cm³/mol. The third-order valence-electron chi connectivity index (χ3n) is 4.52. The van der Waals surface area contributed by atoms with E-state index in [2.05, 4.69) is 0 Å². The molecule has 1 aromatic rings. The lowest BCUT2D eigenvalue weighted by atomic mass is 9.71. The topological polar surface area (TPSA) is 78.9 Å². The van der Waals surface area contributed by atoms with Gasteiger partial charge in [-0.05, 0) is 19.4 Å². The minimum absolute atomic E-state index is 0.0587. The van der Waals surface area contributed by atoms with Crippen LogP contribution < -0.4 is 4.74 Å². The van der Waals surface area contributed by atoms with Gasteiger partial charge in [-0.25, -0.2) is 0 Å². The molecular weight excluding hydrogens is 312 g/mol. The van der Waals surface area contributed by atoms with Crippen LogP contribution in [0.25, 0.3) is 0 Å². The Morgan fingerprint density at radius 2 is 1.71 bits per heavy atom. The van der Waals surface area contributed by atoms with Gasteiger partial charge in [0.2, 0.25) is 0 Å². The average Bonchev–Trinajstić information content (AvgIpc) is 2.93. The molecule has 1 aromatic carbocycles. The highest BCUT2D eigenvalue weighted by Gasteiger charge is 2.60. The zero-order chi connectivity index (χ0) is 17.9. The molecule has 1 atom stereocenters. The van der Waals surface area contributed by atoms with Crippen LogP contribution in [0.3, 0.4) is 0 Å². The largest absolute Gasteiger partial charge is 0.496 e. The Morgan fingerprint density at radius 1 is 1.12 bits per heavy atom. The number of allylic oxidation sites excluding steroid dienone is 2. The number of benzene rings is 1. The average molecular weight is 332 g/mol. The van der Waals surface area contributed by atoms with Gasteiger partial charge in [-0.2, -0.15) is 0 Å². The summed E-state index contributed by atoms with van der Waals surface area (Å²) in [6.45, 7) is 1.72. The highest BCUT2D eigenvalue weighted by Crippen LogP contribution is 2.55. The second-order valence-electron chi connectivity index (χ2n) is 5.66. The van der Waals surface area contributed by atoms with E-state index in [0.717, 1.165) is 0 Å². The molecule has 0 aliphatic heterocycles. The van der Waals surface area contributed by atoms with Crippen molar-refractivity contribution in [2.75, 3.05) is 21.3 Å². The summed E-state index contributed by atoms with van der Waals surface area (Å²) in [4.78, 5) is 36.9. The van der Waals surface area contributed by atoms with Crippen LogP contribution in [0.2, 0.25) is 0 Å². The van der Waals surface area contributed by atoms with Crippen LogP contribution in [0.1, 0.15) is 24.8 Å². The lowest BCUT2D eigenvalue weighted by Gasteiger charge is -2.32. The molecular formula is C18H20O6. The SMILES string of the molecule is COC(=O)C1(C(=O)OC)CC(C)=C(C=O)[C@@H]1c1ccccc1OC.